The predicted octanol–water partition coefficient (Wildman–Crippen LogP) is 1.72. The fourth-order valence-electron chi connectivity index (χ4n) is 1.59. The molecule has 74 valence electrons. The van der Waals surface area contributed by atoms with E-state index in [9.17, 15) is 0 Å². The molecule has 0 saturated heterocycles. The van der Waals surface area contributed by atoms with Crippen molar-refractivity contribution in [2.45, 2.75) is 33.4 Å². The maximum atomic E-state index is 2.36. The van der Waals surface area contributed by atoms with E-state index in [4.69, 9.17) is 0 Å². The Balaban J connectivity index is 2.75. The molecule has 13 heavy (non-hydrogen) atoms. The summed E-state index contributed by atoms with van der Waals surface area (Å²) in [5.74, 6) is 2.64. The van der Waals surface area contributed by atoms with Gasteiger partial charge in [-0.3, -0.25) is 0 Å². The molecule has 0 fully saturated rings. The summed E-state index contributed by atoms with van der Waals surface area (Å²) in [7, 11) is 0. The van der Waals surface area contributed by atoms with E-state index >= 15 is 0 Å². The molecule has 1 rings (SSSR count). The lowest BCUT2D eigenvalue weighted by Gasteiger charge is -2.00. The number of hydrogen-bond acceptors (Lipinski definition) is 1. The molecule has 0 spiro atoms. The topological polar surface area (TPSA) is 8.81 Å². The highest BCUT2D eigenvalue weighted by Gasteiger charge is 2.12. The van der Waals surface area contributed by atoms with Crippen LogP contribution < -0.4 is 4.57 Å². The lowest BCUT2D eigenvalue weighted by Crippen LogP contribution is -2.38. The van der Waals surface area contributed by atoms with E-state index in [1.807, 2.05) is 11.8 Å². The lowest BCUT2D eigenvalue weighted by molar-refractivity contribution is -0.699. The molecule has 0 radical (unpaired) electrons. The van der Waals surface area contributed by atoms with Crippen LogP contribution in [0.15, 0.2) is 12.4 Å². The van der Waals surface area contributed by atoms with Gasteiger partial charge in [0.2, 0.25) is 0 Å². The van der Waals surface area contributed by atoms with E-state index in [-0.39, 0.29) is 0 Å². The first-order valence-electron chi connectivity index (χ1n) is 4.89. The molecule has 0 bridgehead atoms. The Morgan fingerprint density at radius 1 is 1.46 bits per heavy atom. The summed E-state index contributed by atoms with van der Waals surface area (Å²) < 4.78 is 4.68. The van der Waals surface area contributed by atoms with Crippen LogP contribution in [0.3, 0.4) is 0 Å². The van der Waals surface area contributed by atoms with Crippen LogP contribution in [-0.2, 0) is 19.5 Å². The first-order chi connectivity index (χ1) is 6.33. The molecule has 0 aliphatic rings. The quantitative estimate of drug-likeness (QED) is 0.656. The normalized spacial score (nSPS) is 10.7. The van der Waals surface area contributed by atoms with Gasteiger partial charge >= 0.3 is 0 Å². The summed E-state index contributed by atoms with van der Waals surface area (Å²) in [6.45, 7) is 6.63. The van der Waals surface area contributed by atoms with Crippen molar-refractivity contribution in [2.75, 3.05) is 12.0 Å². The van der Waals surface area contributed by atoms with Crippen molar-refractivity contribution in [2.24, 2.45) is 0 Å². The Labute approximate surface area is 85.0 Å². The van der Waals surface area contributed by atoms with Crippen molar-refractivity contribution in [3.8, 4) is 0 Å². The maximum absolute atomic E-state index is 2.36. The van der Waals surface area contributed by atoms with Crippen LogP contribution in [0.25, 0.3) is 0 Å². The van der Waals surface area contributed by atoms with Gasteiger partial charge in [-0.15, -0.1) is 0 Å². The summed E-state index contributed by atoms with van der Waals surface area (Å²) in [5.41, 5.74) is 0. The van der Waals surface area contributed by atoms with Crippen molar-refractivity contribution in [1.29, 1.82) is 0 Å². The minimum Gasteiger partial charge on any atom is -0.235 e. The Bertz CT molecular complexity index is 255. The zero-order valence-corrected chi connectivity index (χ0v) is 9.60. The number of hydrogen-bond donors (Lipinski definition) is 0. The molecule has 0 N–H and O–H groups in total. The van der Waals surface area contributed by atoms with E-state index in [0.717, 1.165) is 19.5 Å². The number of aryl methyl sites for hydroxylation is 2. The third kappa shape index (κ3) is 2.50. The second-order valence-electron chi connectivity index (χ2n) is 3.04. The molecule has 0 unspecified atom stereocenters. The molecular formula is C10H19N2S+. The van der Waals surface area contributed by atoms with Crippen LogP contribution in [0.5, 0.6) is 0 Å². The monoisotopic (exact) mass is 199 g/mol. The highest BCUT2D eigenvalue weighted by molar-refractivity contribution is 7.98. The molecule has 0 aromatic carbocycles. The number of rotatable bonds is 5. The molecule has 3 heteroatoms. The maximum Gasteiger partial charge on any atom is 0.256 e. The van der Waals surface area contributed by atoms with Gasteiger partial charge in [0.25, 0.3) is 5.82 Å². The van der Waals surface area contributed by atoms with E-state index in [2.05, 4.69) is 41.6 Å². The van der Waals surface area contributed by atoms with Gasteiger partial charge in [-0.05, 0) is 13.2 Å². The number of imidazole rings is 1. The fourth-order valence-corrected chi connectivity index (χ4v) is 1.96. The summed E-state index contributed by atoms with van der Waals surface area (Å²) in [4.78, 5) is 0. The Morgan fingerprint density at radius 2 is 2.23 bits per heavy atom. The van der Waals surface area contributed by atoms with Crippen LogP contribution in [0, 0.1) is 0 Å². The summed E-state index contributed by atoms with van der Waals surface area (Å²) in [5, 5.41) is 0. The van der Waals surface area contributed by atoms with Crippen LogP contribution >= 0.6 is 11.8 Å². The van der Waals surface area contributed by atoms with Gasteiger partial charge in [-0.25, -0.2) is 9.13 Å². The molecule has 2 nitrogen and oxygen atoms in total. The summed E-state index contributed by atoms with van der Waals surface area (Å²) >= 11 is 1.90. The van der Waals surface area contributed by atoms with Gasteiger partial charge in [0.05, 0.1) is 13.1 Å². The molecular weight excluding hydrogens is 180 g/mol. The van der Waals surface area contributed by atoms with E-state index in [1.165, 1.54) is 11.6 Å². The van der Waals surface area contributed by atoms with Crippen LogP contribution in [0.2, 0.25) is 0 Å². The predicted molar refractivity (Wildman–Crippen MR) is 58.1 cm³/mol. The van der Waals surface area contributed by atoms with Crippen LogP contribution in [-0.4, -0.2) is 16.6 Å². The smallest absolute Gasteiger partial charge is 0.235 e. The first-order valence-corrected chi connectivity index (χ1v) is 6.29. The highest BCUT2D eigenvalue weighted by atomic mass is 32.2. The number of nitrogens with zero attached hydrogens (tertiary/aromatic N) is 2. The third-order valence-electron chi connectivity index (χ3n) is 2.28. The Kier molecular flexibility index (Phi) is 4.36. The van der Waals surface area contributed by atoms with E-state index < -0.39 is 0 Å². The first kappa shape index (κ1) is 10.6. The van der Waals surface area contributed by atoms with Crippen molar-refractivity contribution in [3.05, 3.63) is 18.2 Å². The molecule has 0 amide bonds. The SMILES string of the molecule is CCc1n(CC)cc[n+]1CCSC. The molecule has 1 aromatic rings. The summed E-state index contributed by atoms with van der Waals surface area (Å²) in [6.07, 6.45) is 7.65. The molecule has 1 aromatic heterocycles. The Hall–Kier alpha value is -0.440. The second-order valence-corrected chi connectivity index (χ2v) is 4.03. The molecule has 0 saturated carbocycles. The third-order valence-corrected chi connectivity index (χ3v) is 2.87. The van der Waals surface area contributed by atoms with Crippen molar-refractivity contribution in [3.63, 3.8) is 0 Å². The van der Waals surface area contributed by atoms with Crippen molar-refractivity contribution < 1.29 is 4.57 Å². The Morgan fingerprint density at radius 3 is 2.77 bits per heavy atom. The largest absolute Gasteiger partial charge is 0.256 e. The van der Waals surface area contributed by atoms with Crippen molar-refractivity contribution in [1.82, 2.24) is 4.57 Å². The number of thioether (sulfide) groups is 1. The van der Waals surface area contributed by atoms with Gasteiger partial charge in [0, 0.05) is 12.2 Å². The fraction of sp³-hybridized carbons (Fsp3) is 0.700. The average Bonchev–Trinajstić information content (AvgIpc) is 2.56. The van der Waals surface area contributed by atoms with Crippen molar-refractivity contribution >= 4 is 11.8 Å². The second kappa shape index (κ2) is 5.32. The lowest BCUT2D eigenvalue weighted by atomic mass is 10.4. The van der Waals surface area contributed by atoms with Gasteiger partial charge in [-0.1, -0.05) is 6.92 Å². The molecule has 0 aliphatic heterocycles. The molecule has 1 heterocycles. The molecule has 0 atom stereocenters. The minimum atomic E-state index is 1.08. The summed E-state index contributed by atoms with van der Waals surface area (Å²) in [6, 6.07) is 0. The van der Waals surface area contributed by atoms with Gasteiger partial charge in [0.15, 0.2) is 0 Å². The minimum absolute atomic E-state index is 1.08. The van der Waals surface area contributed by atoms with E-state index in [0.29, 0.717) is 0 Å². The highest BCUT2D eigenvalue weighted by Crippen LogP contribution is 1.98. The zero-order chi connectivity index (χ0) is 9.68. The van der Waals surface area contributed by atoms with Crippen LogP contribution in [0.1, 0.15) is 19.7 Å². The number of aromatic nitrogens is 2. The zero-order valence-electron chi connectivity index (χ0n) is 8.79. The van der Waals surface area contributed by atoms with Crippen LogP contribution in [0.4, 0.5) is 0 Å². The standard InChI is InChI=1S/C10H19N2S/c1-4-10-11(5-2)6-7-12(10)8-9-13-3/h6-7H,4-5,8-9H2,1-3H3/q+1. The average molecular weight is 199 g/mol. The molecule has 0 aliphatic carbocycles. The van der Waals surface area contributed by atoms with Gasteiger partial charge in [-0.2, -0.15) is 11.8 Å². The van der Waals surface area contributed by atoms with Gasteiger partial charge < -0.3 is 0 Å². The van der Waals surface area contributed by atoms with E-state index in [1.54, 1.807) is 0 Å². The van der Waals surface area contributed by atoms with Gasteiger partial charge in [0.1, 0.15) is 12.4 Å².